The van der Waals surface area contributed by atoms with E-state index in [9.17, 15) is 4.79 Å². The van der Waals surface area contributed by atoms with E-state index in [-0.39, 0.29) is 11.4 Å². The smallest absolute Gasteiger partial charge is 0.261 e. The zero-order chi connectivity index (χ0) is 10.9. The third kappa shape index (κ3) is 2.21. The summed E-state index contributed by atoms with van der Waals surface area (Å²) in [5, 5.41) is 4.85. The highest BCUT2D eigenvalue weighted by atomic mass is 32.1. The molecule has 3 N–H and O–H groups in total. The molecule has 1 aromatic rings. The number of rotatable bonds is 3. The molecule has 0 bridgehead atoms. The fraction of sp³-hybridized carbons (Fsp3) is 0.545. The van der Waals surface area contributed by atoms with E-state index in [1.807, 2.05) is 18.4 Å². The van der Waals surface area contributed by atoms with Crippen molar-refractivity contribution in [3.63, 3.8) is 0 Å². The highest BCUT2D eigenvalue weighted by Gasteiger charge is 2.32. The van der Waals surface area contributed by atoms with Crippen LogP contribution < -0.4 is 11.1 Å². The summed E-state index contributed by atoms with van der Waals surface area (Å²) >= 11 is 1.48. The van der Waals surface area contributed by atoms with Crippen LogP contribution in [0.25, 0.3) is 0 Å². The summed E-state index contributed by atoms with van der Waals surface area (Å²) < 4.78 is 0. The molecule has 1 aromatic heterocycles. The molecular formula is C11H16N2OS. The third-order valence-corrected chi connectivity index (χ3v) is 4.03. The Bertz CT molecular complexity index is 368. The molecule has 1 saturated carbocycles. The molecule has 1 aliphatic rings. The monoisotopic (exact) mass is 224 g/mol. The van der Waals surface area contributed by atoms with Crippen molar-refractivity contribution in [3.05, 3.63) is 21.9 Å². The van der Waals surface area contributed by atoms with Crippen molar-refractivity contribution < 1.29 is 4.79 Å². The number of aryl methyl sites for hydroxylation is 1. The highest BCUT2D eigenvalue weighted by molar-refractivity contribution is 7.12. The number of amides is 1. The van der Waals surface area contributed by atoms with Gasteiger partial charge in [-0.3, -0.25) is 4.79 Å². The van der Waals surface area contributed by atoms with Crippen molar-refractivity contribution in [2.24, 2.45) is 5.73 Å². The van der Waals surface area contributed by atoms with Crippen molar-refractivity contribution in [2.45, 2.75) is 31.7 Å². The molecule has 3 nitrogen and oxygen atoms in total. The lowest BCUT2D eigenvalue weighted by molar-refractivity contribution is 0.0933. The van der Waals surface area contributed by atoms with Crippen molar-refractivity contribution >= 4 is 17.2 Å². The van der Waals surface area contributed by atoms with Gasteiger partial charge in [-0.1, -0.05) is 0 Å². The van der Waals surface area contributed by atoms with Gasteiger partial charge >= 0.3 is 0 Å². The van der Waals surface area contributed by atoms with E-state index in [4.69, 9.17) is 5.73 Å². The number of nitrogens with two attached hydrogens (primary N) is 1. The summed E-state index contributed by atoms with van der Waals surface area (Å²) in [4.78, 5) is 12.6. The van der Waals surface area contributed by atoms with Crippen molar-refractivity contribution in [1.29, 1.82) is 0 Å². The minimum absolute atomic E-state index is 0.0132. The first-order chi connectivity index (χ1) is 7.11. The zero-order valence-corrected chi connectivity index (χ0v) is 9.69. The number of hydrogen-bond donors (Lipinski definition) is 2. The second-order valence-electron chi connectivity index (χ2n) is 4.33. The molecule has 15 heavy (non-hydrogen) atoms. The van der Waals surface area contributed by atoms with Crippen LogP contribution in [0.4, 0.5) is 0 Å². The SMILES string of the molecule is Cc1ccsc1C(=O)NCC1(N)CCC1. The van der Waals surface area contributed by atoms with Crippen molar-refractivity contribution in [3.8, 4) is 0 Å². The van der Waals surface area contributed by atoms with Crippen LogP contribution in [-0.2, 0) is 0 Å². The summed E-state index contributed by atoms with van der Waals surface area (Å²) in [6.45, 7) is 2.55. The van der Waals surface area contributed by atoms with Gasteiger partial charge in [-0.05, 0) is 43.2 Å². The molecule has 1 fully saturated rings. The second-order valence-corrected chi connectivity index (χ2v) is 5.25. The van der Waals surface area contributed by atoms with Crippen LogP contribution in [0.5, 0.6) is 0 Å². The van der Waals surface area contributed by atoms with Gasteiger partial charge < -0.3 is 11.1 Å². The maximum atomic E-state index is 11.8. The molecule has 0 spiro atoms. The summed E-state index contributed by atoms with van der Waals surface area (Å²) in [7, 11) is 0. The normalized spacial score (nSPS) is 18.3. The largest absolute Gasteiger partial charge is 0.349 e. The van der Waals surface area contributed by atoms with E-state index in [1.165, 1.54) is 17.8 Å². The molecule has 4 heteroatoms. The van der Waals surface area contributed by atoms with E-state index >= 15 is 0 Å². The first-order valence-corrected chi connectivity index (χ1v) is 6.10. The lowest BCUT2D eigenvalue weighted by atomic mass is 9.78. The summed E-state index contributed by atoms with van der Waals surface area (Å²) in [5.74, 6) is 0.0132. The zero-order valence-electron chi connectivity index (χ0n) is 8.88. The second kappa shape index (κ2) is 3.94. The number of thiophene rings is 1. The van der Waals surface area contributed by atoms with E-state index in [2.05, 4.69) is 5.32 Å². The Balaban J connectivity index is 1.90. The van der Waals surface area contributed by atoms with Crippen LogP contribution in [0.2, 0.25) is 0 Å². The third-order valence-electron chi connectivity index (χ3n) is 3.02. The predicted octanol–water partition coefficient (Wildman–Crippen LogP) is 1.67. The quantitative estimate of drug-likeness (QED) is 0.820. The number of nitrogens with one attached hydrogen (secondary N) is 1. The van der Waals surface area contributed by atoms with Crippen molar-refractivity contribution in [1.82, 2.24) is 5.32 Å². The summed E-state index contributed by atoms with van der Waals surface area (Å²) in [6.07, 6.45) is 3.23. The molecular weight excluding hydrogens is 208 g/mol. The van der Waals surface area contributed by atoms with E-state index < -0.39 is 0 Å². The Kier molecular flexibility index (Phi) is 2.80. The van der Waals surface area contributed by atoms with Crippen LogP contribution in [0.3, 0.4) is 0 Å². The number of carbonyl (C=O) groups excluding carboxylic acids is 1. The maximum Gasteiger partial charge on any atom is 0.261 e. The Morgan fingerprint density at radius 1 is 1.67 bits per heavy atom. The highest BCUT2D eigenvalue weighted by Crippen LogP contribution is 2.28. The Morgan fingerprint density at radius 3 is 2.87 bits per heavy atom. The first kappa shape index (κ1) is 10.6. The van der Waals surface area contributed by atoms with Gasteiger partial charge in [0.2, 0.25) is 0 Å². The molecule has 1 amide bonds. The molecule has 0 radical (unpaired) electrons. The van der Waals surface area contributed by atoms with Crippen LogP contribution in [0, 0.1) is 6.92 Å². The lowest BCUT2D eigenvalue weighted by Crippen LogP contribution is -2.54. The summed E-state index contributed by atoms with van der Waals surface area (Å²) in [5.41, 5.74) is 6.93. The summed E-state index contributed by atoms with van der Waals surface area (Å²) in [6, 6.07) is 1.96. The Labute approximate surface area is 93.7 Å². The van der Waals surface area contributed by atoms with Gasteiger partial charge in [0.1, 0.15) is 0 Å². The maximum absolute atomic E-state index is 11.8. The molecule has 2 rings (SSSR count). The Morgan fingerprint density at radius 2 is 2.40 bits per heavy atom. The van der Waals surface area contributed by atoms with E-state index in [1.54, 1.807) is 0 Å². The van der Waals surface area contributed by atoms with Gasteiger partial charge in [-0.15, -0.1) is 11.3 Å². The fourth-order valence-corrected chi connectivity index (χ4v) is 2.59. The molecule has 1 aliphatic carbocycles. The lowest BCUT2D eigenvalue weighted by Gasteiger charge is -2.38. The standard InChI is InChI=1S/C11H16N2OS/c1-8-3-6-15-9(8)10(14)13-7-11(12)4-2-5-11/h3,6H,2,4-5,7,12H2,1H3,(H,13,14). The number of hydrogen-bond acceptors (Lipinski definition) is 3. The average molecular weight is 224 g/mol. The van der Waals surface area contributed by atoms with E-state index in [0.29, 0.717) is 6.54 Å². The Hall–Kier alpha value is -0.870. The van der Waals surface area contributed by atoms with Crippen LogP contribution >= 0.6 is 11.3 Å². The fourth-order valence-electron chi connectivity index (χ4n) is 1.75. The van der Waals surface area contributed by atoms with E-state index in [0.717, 1.165) is 23.3 Å². The van der Waals surface area contributed by atoms with Gasteiger partial charge in [-0.25, -0.2) is 0 Å². The van der Waals surface area contributed by atoms with Gasteiger partial charge in [0, 0.05) is 12.1 Å². The van der Waals surface area contributed by atoms with Crippen LogP contribution in [-0.4, -0.2) is 18.0 Å². The molecule has 0 saturated heterocycles. The molecule has 0 aromatic carbocycles. The topological polar surface area (TPSA) is 55.1 Å². The molecule has 0 unspecified atom stereocenters. The molecule has 0 aliphatic heterocycles. The van der Waals surface area contributed by atoms with Gasteiger partial charge in [-0.2, -0.15) is 0 Å². The molecule has 0 atom stereocenters. The van der Waals surface area contributed by atoms with Crippen molar-refractivity contribution in [2.75, 3.05) is 6.54 Å². The molecule has 82 valence electrons. The number of carbonyl (C=O) groups is 1. The van der Waals surface area contributed by atoms with Crippen LogP contribution in [0.1, 0.15) is 34.5 Å². The first-order valence-electron chi connectivity index (χ1n) is 5.22. The predicted molar refractivity (Wildman–Crippen MR) is 62.2 cm³/mol. The van der Waals surface area contributed by atoms with Gasteiger partial charge in [0.15, 0.2) is 0 Å². The minimum Gasteiger partial charge on any atom is -0.349 e. The van der Waals surface area contributed by atoms with Gasteiger partial charge in [0.05, 0.1) is 4.88 Å². The average Bonchev–Trinajstić information content (AvgIpc) is 2.58. The van der Waals surface area contributed by atoms with Crippen LogP contribution in [0.15, 0.2) is 11.4 Å². The van der Waals surface area contributed by atoms with Gasteiger partial charge in [0.25, 0.3) is 5.91 Å². The molecule has 1 heterocycles. The minimum atomic E-state index is -0.138.